The molecule has 10 nitrogen and oxygen atoms in total. The van der Waals surface area contributed by atoms with E-state index < -0.39 is 43.7 Å². The Morgan fingerprint density at radius 2 is 1.79 bits per heavy atom. The van der Waals surface area contributed by atoms with Crippen LogP contribution in [0.2, 0.25) is 0 Å². The summed E-state index contributed by atoms with van der Waals surface area (Å²) < 4.78 is 61.6. The maximum atomic E-state index is 13.3. The Morgan fingerprint density at radius 3 is 2.30 bits per heavy atom. The first-order valence-corrected chi connectivity index (χ1v) is 10.9. The quantitative estimate of drug-likeness (QED) is 0.640. The monoisotopic (exact) mass is 483 g/mol. The summed E-state index contributed by atoms with van der Waals surface area (Å²) in [6.45, 7) is 1.75. The molecular formula is C19H16F3N5O5S. The minimum Gasteiger partial charge on any atom is -0.351 e. The molecular weight excluding hydrogens is 467 g/mol. The van der Waals surface area contributed by atoms with Crippen LogP contribution in [0.3, 0.4) is 0 Å². The second-order valence-corrected chi connectivity index (χ2v) is 9.56. The Morgan fingerprint density at radius 1 is 1.18 bits per heavy atom. The second kappa shape index (κ2) is 7.16. The number of nitrogens with one attached hydrogen (secondary N) is 1. The van der Waals surface area contributed by atoms with Crippen LogP contribution in [0.1, 0.15) is 13.3 Å². The number of hydrogen-bond donors (Lipinski definition) is 2. The summed E-state index contributed by atoms with van der Waals surface area (Å²) in [5.41, 5.74) is -1.47. The van der Waals surface area contributed by atoms with E-state index in [2.05, 4.69) is 10.3 Å². The van der Waals surface area contributed by atoms with Gasteiger partial charge in [-0.05, 0) is 42.7 Å². The fourth-order valence-electron chi connectivity index (χ4n) is 3.89. The van der Waals surface area contributed by atoms with E-state index in [0.717, 1.165) is 17.0 Å². The lowest BCUT2D eigenvalue weighted by atomic mass is 10.1. The number of primary amides is 1. The van der Waals surface area contributed by atoms with E-state index in [4.69, 9.17) is 5.73 Å². The molecule has 0 radical (unpaired) electrons. The van der Waals surface area contributed by atoms with Crippen molar-refractivity contribution in [3.05, 3.63) is 42.6 Å². The number of benzene rings is 1. The molecule has 14 heteroatoms. The molecule has 2 heterocycles. The van der Waals surface area contributed by atoms with Gasteiger partial charge in [-0.15, -0.1) is 0 Å². The fourth-order valence-corrected chi connectivity index (χ4v) is 4.66. The van der Waals surface area contributed by atoms with Crippen LogP contribution in [0.4, 0.5) is 40.0 Å². The normalized spacial score (nSPS) is 22.7. The predicted octanol–water partition coefficient (Wildman–Crippen LogP) is 2.62. The lowest BCUT2D eigenvalue weighted by molar-refractivity contribution is -0.119. The highest BCUT2D eigenvalue weighted by Gasteiger charge is 2.70. The van der Waals surface area contributed by atoms with Crippen molar-refractivity contribution in [1.29, 1.82) is 0 Å². The van der Waals surface area contributed by atoms with Crippen LogP contribution in [0.5, 0.6) is 0 Å². The van der Waals surface area contributed by atoms with Crippen molar-refractivity contribution in [2.45, 2.75) is 29.3 Å². The van der Waals surface area contributed by atoms with Gasteiger partial charge < -0.3 is 5.73 Å². The Bertz CT molecular complexity index is 1280. The SMILES string of the molecule is CC1CC12C(=O)N(c1ccc(S(=O)(=O)C(F)(F)F)cc1)C(=O)N2c1ccnc(NC(N)=O)c1. The highest BCUT2D eigenvalue weighted by atomic mass is 32.2. The molecule has 2 aliphatic rings. The molecule has 2 unspecified atom stereocenters. The summed E-state index contributed by atoms with van der Waals surface area (Å²) in [6, 6.07) is 4.44. The van der Waals surface area contributed by atoms with Gasteiger partial charge in [0, 0.05) is 12.3 Å². The zero-order valence-electron chi connectivity index (χ0n) is 16.8. The minimum atomic E-state index is -5.58. The molecule has 4 rings (SSSR count). The molecule has 1 aromatic carbocycles. The molecule has 1 aromatic heterocycles. The van der Waals surface area contributed by atoms with Crippen LogP contribution in [0, 0.1) is 5.92 Å². The first-order chi connectivity index (χ1) is 15.3. The van der Waals surface area contributed by atoms with Crippen LogP contribution in [0.25, 0.3) is 0 Å². The number of carbonyl (C=O) groups is 3. The maximum absolute atomic E-state index is 13.3. The molecule has 1 spiro atoms. The van der Waals surface area contributed by atoms with Crippen LogP contribution in [-0.2, 0) is 14.6 Å². The number of imide groups is 1. The summed E-state index contributed by atoms with van der Waals surface area (Å²) in [5.74, 6) is -0.791. The third-order valence-electron chi connectivity index (χ3n) is 5.59. The first-order valence-electron chi connectivity index (χ1n) is 9.43. The molecule has 1 aliphatic carbocycles. The molecule has 2 aromatic rings. The fraction of sp³-hybridized carbons (Fsp3) is 0.263. The van der Waals surface area contributed by atoms with Crippen molar-refractivity contribution in [2.24, 2.45) is 11.7 Å². The number of aromatic nitrogens is 1. The Kier molecular flexibility index (Phi) is 4.89. The van der Waals surface area contributed by atoms with Gasteiger partial charge in [0.1, 0.15) is 11.4 Å². The minimum absolute atomic E-state index is 0.0452. The summed E-state index contributed by atoms with van der Waals surface area (Å²) in [4.78, 5) is 42.6. The van der Waals surface area contributed by atoms with E-state index in [1.165, 1.54) is 23.2 Å². The number of hydrogen-bond acceptors (Lipinski definition) is 6. The molecule has 33 heavy (non-hydrogen) atoms. The highest BCUT2D eigenvalue weighted by Crippen LogP contribution is 2.55. The van der Waals surface area contributed by atoms with Crippen molar-refractivity contribution >= 4 is 45.0 Å². The van der Waals surface area contributed by atoms with Crippen molar-refractivity contribution in [3.63, 3.8) is 0 Å². The molecule has 2 atom stereocenters. The van der Waals surface area contributed by atoms with E-state index in [-0.39, 0.29) is 23.1 Å². The number of urea groups is 2. The summed E-state index contributed by atoms with van der Waals surface area (Å²) in [7, 11) is -5.58. The van der Waals surface area contributed by atoms with Crippen molar-refractivity contribution < 1.29 is 36.0 Å². The third kappa shape index (κ3) is 3.37. The van der Waals surface area contributed by atoms with E-state index in [1.807, 2.05) is 0 Å². The molecule has 1 saturated heterocycles. The molecule has 3 N–H and O–H groups in total. The Labute approximate surface area is 185 Å². The summed E-state index contributed by atoms with van der Waals surface area (Å²) in [6.07, 6.45) is 1.63. The van der Waals surface area contributed by atoms with Gasteiger partial charge in [-0.25, -0.2) is 27.9 Å². The number of anilines is 3. The second-order valence-electron chi connectivity index (χ2n) is 7.62. The smallest absolute Gasteiger partial charge is 0.351 e. The molecule has 2 fully saturated rings. The van der Waals surface area contributed by atoms with Crippen LogP contribution in [-0.4, -0.2) is 42.4 Å². The Balaban J connectivity index is 1.72. The number of nitrogens with two attached hydrogens (primary N) is 1. The van der Waals surface area contributed by atoms with Crippen molar-refractivity contribution in [1.82, 2.24) is 4.98 Å². The van der Waals surface area contributed by atoms with Crippen LogP contribution >= 0.6 is 0 Å². The lowest BCUT2D eigenvalue weighted by Gasteiger charge is -2.22. The molecule has 0 bridgehead atoms. The highest BCUT2D eigenvalue weighted by molar-refractivity contribution is 7.92. The zero-order valence-corrected chi connectivity index (χ0v) is 17.6. The van der Waals surface area contributed by atoms with Gasteiger partial charge in [-0.1, -0.05) is 6.92 Å². The summed E-state index contributed by atoms with van der Waals surface area (Å²) >= 11 is 0. The number of carbonyl (C=O) groups excluding carboxylic acids is 3. The van der Waals surface area contributed by atoms with Gasteiger partial charge in [-0.2, -0.15) is 13.2 Å². The van der Waals surface area contributed by atoms with E-state index >= 15 is 0 Å². The molecule has 1 aliphatic heterocycles. The number of amides is 5. The number of nitrogens with zero attached hydrogens (tertiary/aromatic N) is 3. The van der Waals surface area contributed by atoms with E-state index in [9.17, 15) is 36.0 Å². The average molecular weight is 483 g/mol. The lowest BCUT2D eigenvalue weighted by Crippen LogP contribution is -2.39. The number of pyridine rings is 1. The molecule has 1 saturated carbocycles. The third-order valence-corrected chi connectivity index (χ3v) is 7.09. The molecule has 5 amide bonds. The van der Waals surface area contributed by atoms with Crippen molar-refractivity contribution in [3.8, 4) is 0 Å². The summed E-state index contributed by atoms with van der Waals surface area (Å²) in [5, 5.41) is 2.27. The number of rotatable bonds is 4. The van der Waals surface area contributed by atoms with Crippen LogP contribution < -0.4 is 20.9 Å². The number of halogens is 3. The van der Waals surface area contributed by atoms with Gasteiger partial charge in [0.2, 0.25) is 0 Å². The number of sulfone groups is 1. The zero-order chi connectivity index (χ0) is 24.3. The van der Waals surface area contributed by atoms with E-state index in [0.29, 0.717) is 18.6 Å². The standard InChI is InChI=1S/C19H16F3N5O5S/c1-10-9-18(10)15(28)26(11-2-4-13(5-3-11)33(31,32)19(20,21)22)17(30)27(18)12-6-7-24-14(8-12)25-16(23)29/h2-8,10H,9H2,1H3,(H3,23,24,25,29). The topological polar surface area (TPSA) is 143 Å². The molecule has 174 valence electrons. The van der Waals surface area contributed by atoms with Gasteiger partial charge in [0.05, 0.1) is 16.3 Å². The largest absolute Gasteiger partial charge is 0.501 e. The van der Waals surface area contributed by atoms with Crippen molar-refractivity contribution in [2.75, 3.05) is 15.1 Å². The van der Waals surface area contributed by atoms with Gasteiger partial charge in [-0.3, -0.25) is 15.0 Å². The van der Waals surface area contributed by atoms with Gasteiger partial charge >= 0.3 is 17.6 Å². The number of alkyl halides is 3. The Hall–Kier alpha value is -3.68. The predicted molar refractivity (Wildman–Crippen MR) is 109 cm³/mol. The first kappa shape index (κ1) is 22.5. The van der Waals surface area contributed by atoms with Gasteiger partial charge in [0.25, 0.3) is 15.7 Å². The average Bonchev–Trinajstić information content (AvgIpc) is 3.32. The maximum Gasteiger partial charge on any atom is 0.501 e. The van der Waals surface area contributed by atoms with Crippen LogP contribution in [0.15, 0.2) is 47.5 Å². The van der Waals surface area contributed by atoms with Gasteiger partial charge in [0.15, 0.2) is 0 Å². The van der Waals surface area contributed by atoms with E-state index in [1.54, 1.807) is 6.92 Å².